The van der Waals surface area contributed by atoms with E-state index in [0.29, 0.717) is 0 Å². The average Bonchev–Trinajstić information content (AvgIpc) is 2.70. The van der Waals surface area contributed by atoms with E-state index in [1.807, 2.05) is 0 Å². The van der Waals surface area contributed by atoms with Gasteiger partial charge in [0.15, 0.2) is 0 Å². The van der Waals surface area contributed by atoms with E-state index in [4.69, 9.17) is 5.73 Å². The number of nitrogens with one attached hydrogen (secondary N) is 1. The third-order valence-electron chi connectivity index (χ3n) is 2.93. The van der Waals surface area contributed by atoms with Gasteiger partial charge < -0.3 is 11.1 Å². The van der Waals surface area contributed by atoms with Crippen molar-refractivity contribution in [3.63, 3.8) is 0 Å². The van der Waals surface area contributed by atoms with Crippen molar-refractivity contribution in [2.75, 3.05) is 19.6 Å². The summed E-state index contributed by atoms with van der Waals surface area (Å²) >= 11 is 1.73. The van der Waals surface area contributed by atoms with E-state index >= 15 is 0 Å². The van der Waals surface area contributed by atoms with E-state index in [0.717, 1.165) is 43.4 Å². The number of nitrogens with zero attached hydrogens (tertiary/aromatic N) is 1. The molecule has 0 aliphatic heterocycles. The van der Waals surface area contributed by atoms with Crippen LogP contribution in [0.1, 0.15) is 36.9 Å². The number of rotatable bonds is 9. The maximum Gasteiger partial charge on any atom is 0.0897 e. The van der Waals surface area contributed by atoms with Crippen LogP contribution in [-0.2, 0) is 6.42 Å². The van der Waals surface area contributed by atoms with Crippen molar-refractivity contribution in [2.45, 2.75) is 39.5 Å². The Morgan fingerprint density at radius 1 is 1.41 bits per heavy atom. The van der Waals surface area contributed by atoms with Gasteiger partial charge in [-0.1, -0.05) is 6.92 Å². The largest absolute Gasteiger partial charge is 0.330 e. The molecule has 1 heterocycles. The van der Waals surface area contributed by atoms with E-state index in [-0.39, 0.29) is 0 Å². The highest BCUT2D eigenvalue weighted by Crippen LogP contribution is 2.09. The van der Waals surface area contributed by atoms with Crippen molar-refractivity contribution in [3.8, 4) is 0 Å². The molecule has 0 aliphatic carbocycles. The van der Waals surface area contributed by atoms with Crippen LogP contribution in [0.5, 0.6) is 0 Å². The number of aryl methyl sites for hydroxylation is 1. The van der Waals surface area contributed by atoms with Crippen LogP contribution in [0, 0.1) is 12.8 Å². The Labute approximate surface area is 109 Å². The summed E-state index contributed by atoms with van der Waals surface area (Å²) in [4.78, 5) is 4.45. The second-order valence-corrected chi connectivity index (χ2v) is 5.74. The van der Waals surface area contributed by atoms with Gasteiger partial charge in [0.2, 0.25) is 0 Å². The molecular weight excluding hydrogens is 230 g/mol. The molecule has 0 aliphatic rings. The second-order valence-electron chi connectivity index (χ2n) is 4.68. The van der Waals surface area contributed by atoms with Crippen molar-refractivity contribution in [3.05, 3.63) is 16.1 Å². The number of thiazole rings is 1. The third kappa shape index (κ3) is 6.76. The first-order valence-electron chi connectivity index (χ1n) is 6.54. The molecule has 1 unspecified atom stereocenters. The third-order valence-corrected chi connectivity index (χ3v) is 3.76. The molecule has 0 fully saturated rings. The van der Waals surface area contributed by atoms with E-state index in [1.165, 1.54) is 18.5 Å². The summed E-state index contributed by atoms with van der Waals surface area (Å²) in [6, 6.07) is 0. The fourth-order valence-electron chi connectivity index (χ4n) is 1.87. The fourth-order valence-corrected chi connectivity index (χ4v) is 2.52. The van der Waals surface area contributed by atoms with Crippen LogP contribution in [0.25, 0.3) is 0 Å². The van der Waals surface area contributed by atoms with Gasteiger partial charge in [-0.2, -0.15) is 0 Å². The van der Waals surface area contributed by atoms with Gasteiger partial charge in [0, 0.05) is 18.3 Å². The fraction of sp³-hybridized carbons (Fsp3) is 0.769. The summed E-state index contributed by atoms with van der Waals surface area (Å²) in [6.45, 7) is 7.30. The molecule has 0 radical (unpaired) electrons. The maximum atomic E-state index is 5.53. The highest BCUT2D eigenvalue weighted by Gasteiger charge is 2.00. The summed E-state index contributed by atoms with van der Waals surface area (Å²) in [5, 5.41) is 6.79. The lowest BCUT2D eigenvalue weighted by Crippen LogP contribution is -2.19. The molecule has 98 valence electrons. The summed E-state index contributed by atoms with van der Waals surface area (Å²) < 4.78 is 0. The van der Waals surface area contributed by atoms with Crippen molar-refractivity contribution < 1.29 is 0 Å². The smallest absolute Gasteiger partial charge is 0.0897 e. The molecule has 4 heteroatoms. The van der Waals surface area contributed by atoms with Crippen LogP contribution in [0.3, 0.4) is 0 Å². The normalized spacial score (nSPS) is 12.9. The summed E-state index contributed by atoms with van der Waals surface area (Å²) in [5.41, 5.74) is 6.75. The summed E-state index contributed by atoms with van der Waals surface area (Å²) in [7, 11) is 0. The zero-order valence-corrected chi connectivity index (χ0v) is 11.9. The number of aromatic nitrogens is 1. The van der Waals surface area contributed by atoms with Gasteiger partial charge in [0.1, 0.15) is 0 Å². The highest BCUT2D eigenvalue weighted by molar-refractivity contribution is 7.09. The Hall–Kier alpha value is -0.450. The molecule has 0 bridgehead atoms. The second kappa shape index (κ2) is 8.61. The Morgan fingerprint density at radius 2 is 2.24 bits per heavy atom. The first-order chi connectivity index (χ1) is 8.22. The molecule has 0 amide bonds. The minimum atomic E-state index is 0.767. The van der Waals surface area contributed by atoms with Gasteiger partial charge in [0.25, 0.3) is 0 Å². The molecule has 1 atom stereocenters. The lowest BCUT2D eigenvalue weighted by atomic mass is 10.0. The first kappa shape index (κ1) is 14.6. The first-order valence-corrected chi connectivity index (χ1v) is 7.42. The molecule has 1 aromatic heterocycles. The predicted octanol–water partition coefficient (Wildman–Crippen LogP) is 2.35. The predicted molar refractivity (Wildman–Crippen MR) is 75.5 cm³/mol. The lowest BCUT2D eigenvalue weighted by Gasteiger charge is -2.09. The van der Waals surface area contributed by atoms with Gasteiger partial charge in [-0.3, -0.25) is 0 Å². The standard InChI is InChI=1S/C13H25N3S/c1-11(5-7-14)4-3-8-15-9-6-13-10-17-12(2)16-13/h10-11,15H,3-9,14H2,1-2H3. The maximum absolute atomic E-state index is 5.53. The average molecular weight is 255 g/mol. The number of nitrogens with two attached hydrogens (primary N) is 1. The van der Waals surface area contributed by atoms with E-state index in [2.05, 4.69) is 29.5 Å². The molecule has 0 saturated carbocycles. The SMILES string of the molecule is Cc1nc(CCNCCCC(C)CCN)cs1. The Morgan fingerprint density at radius 3 is 2.88 bits per heavy atom. The van der Waals surface area contributed by atoms with Gasteiger partial charge in [-0.15, -0.1) is 11.3 Å². The number of hydrogen-bond donors (Lipinski definition) is 2. The van der Waals surface area contributed by atoms with Crippen LogP contribution < -0.4 is 11.1 Å². The molecule has 0 aromatic carbocycles. The molecule has 0 spiro atoms. The monoisotopic (exact) mass is 255 g/mol. The van der Waals surface area contributed by atoms with Crippen LogP contribution in [0.4, 0.5) is 0 Å². The zero-order chi connectivity index (χ0) is 12.5. The zero-order valence-electron chi connectivity index (χ0n) is 11.0. The Kier molecular flexibility index (Phi) is 7.40. The molecule has 3 N–H and O–H groups in total. The van der Waals surface area contributed by atoms with Crippen LogP contribution in [0.2, 0.25) is 0 Å². The molecule has 1 aromatic rings. The van der Waals surface area contributed by atoms with E-state index < -0.39 is 0 Å². The van der Waals surface area contributed by atoms with Crippen LogP contribution in [-0.4, -0.2) is 24.6 Å². The minimum absolute atomic E-state index is 0.767. The topological polar surface area (TPSA) is 50.9 Å². The van der Waals surface area contributed by atoms with Crippen molar-refractivity contribution in [1.82, 2.24) is 10.3 Å². The van der Waals surface area contributed by atoms with E-state index in [1.54, 1.807) is 11.3 Å². The Bertz CT molecular complexity index is 299. The van der Waals surface area contributed by atoms with Crippen molar-refractivity contribution in [1.29, 1.82) is 0 Å². The van der Waals surface area contributed by atoms with Gasteiger partial charge in [-0.25, -0.2) is 4.98 Å². The van der Waals surface area contributed by atoms with Crippen molar-refractivity contribution in [2.24, 2.45) is 11.7 Å². The lowest BCUT2D eigenvalue weighted by molar-refractivity contribution is 0.469. The molecule has 0 saturated heterocycles. The minimum Gasteiger partial charge on any atom is -0.330 e. The highest BCUT2D eigenvalue weighted by atomic mass is 32.1. The Balaban J connectivity index is 1.94. The van der Waals surface area contributed by atoms with Crippen LogP contribution in [0.15, 0.2) is 5.38 Å². The van der Waals surface area contributed by atoms with Crippen LogP contribution >= 0.6 is 11.3 Å². The van der Waals surface area contributed by atoms with Gasteiger partial charge in [-0.05, 0) is 45.2 Å². The van der Waals surface area contributed by atoms with Gasteiger partial charge >= 0.3 is 0 Å². The quantitative estimate of drug-likeness (QED) is 0.666. The molecule has 3 nitrogen and oxygen atoms in total. The van der Waals surface area contributed by atoms with E-state index in [9.17, 15) is 0 Å². The molecule has 1 rings (SSSR count). The number of hydrogen-bond acceptors (Lipinski definition) is 4. The summed E-state index contributed by atoms with van der Waals surface area (Å²) in [5.74, 6) is 0.767. The van der Waals surface area contributed by atoms with Gasteiger partial charge in [0.05, 0.1) is 10.7 Å². The summed E-state index contributed by atoms with van der Waals surface area (Å²) in [6.07, 6.45) is 4.72. The van der Waals surface area contributed by atoms with Crippen molar-refractivity contribution >= 4 is 11.3 Å². The molecular formula is C13H25N3S. The molecule has 17 heavy (non-hydrogen) atoms.